The lowest BCUT2D eigenvalue weighted by Gasteiger charge is -2.08. The highest BCUT2D eigenvalue weighted by molar-refractivity contribution is 7.90. The van der Waals surface area contributed by atoms with Gasteiger partial charge in [-0.2, -0.15) is 0 Å². The number of nitrogens with one attached hydrogen (secondary N) is 1. The summed E-state index contributed by atoms with van der Waals surface area (Å²) in [6.45, 7) is 0. The summed E-state index contributed by atoms with van der Waals surface area (Å²) in [6.07, 6.45) is -1.85. The third-order valence-electron chi connectivity index (χ3n) is 2.25. The minimum atomic E-state index is -4.06. The Morgan fingerprint density at radius 2 is 1.71 bits per heavy atom. The molecule has 1 amide bonds. The molecule has 0 saturated carbocycles. The maximum Gasteiger partial charge on any atom is 0.262 e. The fourth-order valence-electron chi connectivity index (χ4n) is 1.50. The third-order valence-corrected chi connectivity index (χ3v) is 3.56. The first-order chi connectivity index (χ1) is 7.99. The second-order valence-electron chi connectivity index (χ2n) is 3.40. The van der Waals surface area contributed by atoms with Crippen LogP contribution in [0.1, 0.15) is 0 Å². The minimum absolute atomic E-state index is 0.111. The molecule has 0 fully saturated rings. The molecule has 0 unspecified atom stereocenters. The van der Waals surface area contributed by atoms with Gasteiger partial charge in [-0.3, -0.25) is 4.72 Å². The van der Waals surface area contributed by atoms with Crippen LogP contribution in [0.5, 0.6) is 0 Å². The largest absolute Gasteiger partial charge is 0.529 e. The number of carboxylic acid groups (broad SMARTS) is 1. The molecule has 0 aliphatic rings. The van der Waals surface area contributed by atoms with Gasteiger partial charge in [-0.1, -0.05) is 30.3 Å². The first-order valence-electron chi connectivity index (χ1n) is 4.72. The molecule has 88 valence electrons. The number of fused-ring (bicyclic) bond motifs is 1. The number of sulfonamides is 1. The van der Waals surface area contributed by atoms with Gasteiger partial charge in [0.05, 0.1) is 4.90 Å². The molecular weight excluding hydrogens is 242 g/mol. The zero-order valence-corrected chi connectivity index (χ0v) is 9.40. The molecule has 6 heteroatoms. The van der Waals surface area contributed by atoms with E-state index in [2.05, 4.69) is 0 Å². The number of amides is 1. The van der Waals surface area contributed by atoms with Gasteiger partial charge in [0, 0.05) is 0 Å². The second-order valence-corrected chi connectivity index (χ2v) is 5.08. The van der Waals surface area contributed by atoms with Crippen LogP contribution in [-0.4, -0.2) is 14.5 Å². The SMILES string of the molecule is O=C([O-])NS(=O)(=O)c1ccc2ccccc2c1. The van der Waals surface area contributed by atoms with Crippen LogP contribution in [0.2, 0.25) is 0 Å². The molecule has 2 aromatic carbocycles. The van der Waals surface area contributed by atoms with Crippen LogP contribution < -0.4 is 9.83 Å². The highest BCUT2D eigenvalue weighted by Crippen LogP contribution is 2.18. The molecule has 0 radical (unpaired) electrons. The van der Waals surface area contributed by atoms with Crippen molar-refractivity contribution in [2.45, 2.75) is 4.90 Å². The van der Waals surface area contributed by atoms with Crippen LogP contribution in [-0.2, 0) is 10.0 Å². The maximum atomic E-state index is 11.6. The van der Waals surface area contributed by atoms with Crippen molar-refractivity contribution >= 4 is 26.9 Å². The lowest BCUT2D eigenvalue weighted by Crippen LogP contribution is -2.40. The van der Waals surface area contributed by atoms with Crippen LogP contribution in [0.25, 0.3) is 10.8 Å². The molecule has 1 N–H and O–H groups in total. The Bertz CT molecular complexity index is 679. The zero-order chi connectivity index (χ0) is 12.5. The molecule has 0 aromatic heterocycles. The Morgan fingerprint density at radius 3 is 2.35 bits per heavy atom. The van der Waals surface area contributed by atoms with Gasteiger partial charge in [0.25, 0.3) is 10.0 Å². The molecule has 0 atom stereocenters. The van der Waals surface area contributed by atoms with Gasteiger partial charge in [0.2, 0.25) is 0 Å². The van der Waals surface area contributed by atoms with Gasteiger partial charge in [0.15, 0.2) is 0 Å². The predicted octanol–water partition coefficient (Wildman–Crippen LogP) is 0.461. The molecule has 0 saturated heterocycles. The Morgan fingerprint density at radius 1 is 1.06 bits per heavy atom. The molecule has 0 heterocycles. The number of hydrogen-bond donors (Lipinski definition) is 1. The van der Waals surface area contributed by atoms with Crippen molar-refractivity contribution in [3.05, 3.63) is 42.5 Å². The van der Waals surface area contributed by atoms with E-state index in [1.54, 1.807) is 18.2 Å². The van der Waals surface area contributed by atoms with E-state index in [0.29, 0.717) is 5.39 Å². The molecular formula is C11H8NO4S-. The summed E-state index contributed by atoms with van der Waals surface area (Å²) < 4.78 is 24.5. The number of rotatable bonds is 2. The average molecular weight is 250 g/mol. The van der Waals surface area contributed by atoms with Gasteiger partial charge in [-0.15, -0.1) is 0 Å². The molecule has 5 nitrogen and oxygen atoms in total. The van der Waals surface area contributed by atoms with Gasteiger partial charge in [0.1, 0.15) is 6.09 Å². The molecule has 17 heavy (non-hydrogen) atoms. The first kappa shape index (κ1) is 11.4. The lowest BCUT2D eigenvalue weighted by atomic mass is 10.1. The summed E-state index contributed by atoms with van der Waals surface area (Å²) in [5, 5.41) is 11.8. The molecule has 0 spiro atoms. The minimum Gasteiger partial charge on any atom is -0.529 e. The monoisotopic (exact) mass is 250 g/mol. The van der Waals surface area contributed by atoms with Crippen molar-refractivity contribution in [3.63, 3.8) is 0 Å². The third kappa shape index (κ3) is 2.36. The molecule has 2 rings (SSSR count). The van der Waals surface area contributed by atoms with E-state index in [1.807, 2.05) is 12.1 Å². The van der Waals surface area contributed by atoms with Gasteiger partial charge >= 0.3 is 0 Å². The summed E-state index contributed by atoms with van der Waals surface area (Å²) in [5.74, 6) is 0. The quantitative estimate of drug-likeness (QED) is 0.839. The zero-order valence-electron chi connectivity index (χ0n) is 8.58. The van der Waals surface area contributed by atoms with Crippen molar-refractivity contribution in [2.24, 2.45) is 0 Å². The predicted molar refractivity (Wildman–Crippen MR) is 59.7 cm³/mol. The van der Waals surface area contributed by atoms with Crippen molar-refractivity contribution < 1.29 is 18.3 Å². The van der Waals surface area contributed by atoms with Crippen LogP contribution in [0.3, 0.4) is 0 Å². The van der Waals surface area contributed by atoms with E-state index >= 15 is 0 Å². The van der Waals surface area contributed by atoms with Crippen molar-refractivity contribution in [1.29, 1.82) is 0 Å². The van der Waals surface area contributed by atoms with Crippen molar-refractivity contribution in [3.8, 4) is 0 Å². The summed E-state index contributed by atoms with van der Waals surface area (Å²) >= 11 is 0. The van der Waals surface area contributed by atoms with Gasteiger partial charge < -0.3 is 9.90 Å². The standard InChI is InChI=1S/C11H9NO4S/c13-11(14)12-17(15,16)10-6-5-8-3-1-2-4-9(8)7-10/h1-7,12H,(H,13,14)/p-1. The van der Waals surface area contributed by atoms with Gasteiger partial charge in [-0.25, -0.2) is 8.42 Å². The number of hydrogen-bond acceptors (Lipinski definition) is 4. The molecule has 2 aromatic rings. The molecule has 0 aliphatic heterocycles. The summed E-state index contributed by atoms with van der Waals surface area (Å²) in [5.41, 5.74) is 0. The van der Waals surface area contributed by atoms with Crippen LogP contribution in [0.15, 0.2) is 47.4 Å². The number of carbonyl (C=O) groups is 1. The number of carbonyl (C=O) groups excluding carboxylic acids is 1. The van der Waals surface area contributed by atoms with Crippen LogP contribution in [0.4, 0.5) is 4.79 Å². The van der Waals surface area contributed by atoms with E-state index in [1.165, 1.54) is 16.9 Å². The highest BCUT2D eigenvalue weighted by Gasteiger charge is 2.13. The topological polar surface area (TPSA) is 86.3 Å². The van der Waals surface area contributed by atoms with Crippen molar-refractivity contribution in [2.75, 3.05) is 0 Å². The highest BCUT2D eigenvalue weighted by atomic mass is 32.2. The van der Waals surface area contributed by atoms with Crippen LogP contribution >= 0.6 is 0 Å². The fraction of sp³-hybridized carbons (Fsp3) is 0. The Hall–Kier alpha value is -2.08. The Balaban J connectivity index is 2.53. The summed E-state index contributed by atoms with van der Waals surface area (Å²) in [6, 6.07) is 11.5. The fourth-order valence-corrected chi connectivity index (χ4v) is 2.37. The van der Waals surface area contributed by atoms with E-state index in [-0.39, 0.29) is 4.90 Å². The molecule has 0 bridgehead atoms. The average Bonchev–Trinajstić information content (AvgIpc) is 2.26. The van der Waals surface area contributed by atoms with E-state index in [9.17, 15) is 18.3 Å². The first-order valence-corrected chi connectivity index (χ1v) is 6.20. The Labute approximate surface area is 97.7 Å². The lowest BCUT2D eigenvalue weighted by molar-refractivity contribution is -0.248. The van der Waals surface area contributed by atoms with E-state index in [4.69, 9.17) is 0 Å². The van der Waals surface area contributed by atoms with E-state index < -0.39 is 16.1 Å². The number of benzene rings is 2. The van der Waals surface area contributed by atoms with Crippen molar-refractivity contribution in [1.82, 2.24) is 4.72 Å². The summed E-state index contributed by atoms with van der Waals surface area (Å²) in [4.78, 5) is 10.1. The summed E-state index contributed by atoms with van der Waals surface area (Å²) in [7, 11) is -4.06. The smallest absolute Gasteiger partial charge is 0.262 e. The van der Waals surface area contributed by atoms with Crippen LogP contribution in [0, 0.1) is 0 Å². The maximum absolute atomic E-state index is 11.6. The van der Waals surface area contributed by atoms with E-state index in [0.717, 1.165) is 5.39 Å². The Kier molecular flexibility index (Phi) is 2.72. The molecule has 0 aliphatic carbocycles. The van der Waals surface area contributed by atoms with Gasteiger partial charge in [-0.05, 0) is 22.9 Å². The second kappa shape index (κ2) is 4.06. The normalized spacial score (nSPS) is 11.3.